The van der Waals surface area contributed by atoms with Crippen LogP contribution in [0.2, 0.25) is 0 Å². The first-order valence-corrected chi connectivity index (χ1v) is 22.3. The maximum Gasteiger partial charge on any atom is 0.310 e. The van der Waals surface area contributed by atoms with E-state index in [1.807, 2.05) is 109 Å². The summed E-state index contributed by atoms with van der Waals surface area (Å²) in [6.45, 7) is 0. The molecule has 6 nitrogen and oxygen atoms in total. The van der Waals surface area contributed by atoms with Crippen LogP contribution in [0, 0.1) is 0 Å². The molecule has 0 aliphatic heterocycles. The maximum absolute atomic E-state index is 16.0. The summed E-state index contributed by atoms with van der Waals surface area (Å²) in [6, 6.07) is 54.1. The van der Waals surface area contributed by atoms with Crippen LogP contribution in [0.1, 0.15) is 12.8 Å². The van der Waals surface area contributed by atoms with Crippen LogP contribution in [0.5, 0.6) is 0 Å². The molecule has 0 aliphatic carbocycles. The Labute approximate surface area is 303 Å². The van der Waals surface area contributed by atoms with Crippen LogP contribution >= 0.6 is 20.6 Å². The van der Waals surface area contributed by atoms with E-state index in [1.54, 1.807) is 72.8 Å². The van der Waals surface area contributed by atoms with Crippen LogP contribution in [-0.2, 0) is 27.5 Å². The molecule has 0 saturated carbocycles. The number of hydrogen-bond acceptors (Lipinski definition) is 6. The standard InChI is InChI=1S/C40H37FO6S4/c41-40(51(44,45)47-50(37-26-13-4-14-27-37,38-28-15-5-16-29-38)39-30-17-6-18-31-39)32-19-33-48(42,43)46-49(34-20-7-1-8-21-34,35-22-9-2-10-23-35)36-24-11-3-12-25-36/h1-18,20-31,40H,19,32-33H2. The van der Waals surface area contributed by atoms with E-state index >= 15 is 4.39 Å². The molecule has 0 radical (unpaired) electrons. The van der Waals surface area contributed by atoms with Gasteiger partial charge in [0.2, 0.25) is 5.50 Å². The van der Waals surface area contributed by atoms with Crippen molar-refractivity contribution in [3.8, 4) is 0 Å². The second-order valence-corrected chi connectivity index (χ2v) is 20.6. The highest BCUT2D eigenvalue weighted by molar-refractivity contribution is 8.33. The first-order valence-electron chi connectivity index (χ1n) is 16.2. The van der Waals surface area contributed by atoms with Gasteiger partial charge in [-0.05, 0) is 106 Å². The molecule has 51 heavy (non-hydrogen) atoms. The molecule has 6 aromatic carbocycles. The van der Waals surface area contributed by atoms with E-state index in [0.717, 1.165) is 0 Å². The lowest BCUT2D eigenvalue weighted by Gasteiger charge is -2.39. The lowest BCUT2D eigenvalue weighted by atomic mass is 10.4. The monoisotopic (exact) mass is 760 g/mol. The Kier molecular flexibility index (Phi) is 11.5. The van der Waals surface area contributed by atoms with Gasteiger partial charge in [0.05, 0.1) is 5.75 Å². The molecule has 264 valence electrons. The van der Waals surface area contributed by atoms with E-state index in [2.05, 4.69) is 0 Å². The molecule has 0 spiro atoms. The molecular formula is C40H37FO6S4. The van der Waals surface area contributed by atoms with Crippen molar-refractivity contribution in [2.24, 2.45) is 0 Å². The summed E-state index contributed by atoms with van der Waals surface area (Å²) >= 11 is 0. The van der Waals surface area contributed by atoms with Crippen LogP contribution < -0.4 is 0 Å². The molecule has 0 heterocycles. The lowest BCUT2D eigenvalue weighted by molar-refractivity contribution is 0.365. The average molecular weight is 761 g/mol. The largest absolute Gasteiger partial charge is 0.310 e. The maximum atomic E-state index is 16.0. The van der Waals surface area contributed by atoms with Gasteiger partial charge in [0.1, 0.15) is 0 Å². The Morgan fingerprint density at radius 3 is 0.941 bits per heavy atom. The summed E-state index contributed by atoms with van der Waals surface area (Å²) in [5.74, 6) is -0.613. The molecule has 0 fully saturated rings. The summed E-state index contributed by atoms with van der Waals surface area (Å²) in [5, 5.41) is 0. The second kappa shape index (κ2) is 16.0. The van der Waals surface area contributed by atoms with Gasteiger partial charge in [-0.15, -0.1) is 0 Å². The zero-order valence-electron chi connectivity index (χ0n) is 27.5. The Morgan fingerprint density at radius 1 is 0.412 bits per heavy atom. The van der Waals surface area contributed by atoms with Crippen LogP contribution in [0.3, 0.4) is 0 Å². The molecular weight excluding hydrogens is 724 g/mol. The molecule has 1 unspecified atom stereocenters. The minimum absolute atomic E-state index is 0.329. The molecule has 0 saturated heterocycles. The third-order valence-electron chi connectivity index (χ3n) is 7.99. The van der Waals surface area contributed by atoms with E-state index in [-0.39, 0.29) is 6.42 Å². The molecule has 0 amide bonds. The molecule has 0 aromatic heterocycles. The SMILES string of the molecule is O=S(=O)(CCCC(F)S(=O)(=O)OS(c1ccccc1)(c1ccccc1)c1ccccc1)OS(c1ccccc1)(c1ccccc1)c1ccccc1. The Morgan fingerprint density at radius 2 is 0.667 bits per heavy atom. The zero-order valence-corrected chi connectivity index (χ0v) is 30.7. The Bertz CT molecular complexity index is 2020. The summed E-state index contributed by atoms with van der Waals surface area (Å²) in [7, 11) is -15.0. The van der Waals surface area contributed by atoms with Crippen LogP contribution in [-0.4, -0.2) is 28.1 Å². The highest BCUT2D eigenvalue weighted by atomic mass is 32.3. The molecule has 6 rings (SSSR count). The quantitative estimate of drug-likeness (QED) is 0.104. The number of alkyl halides is 1. The Balaban J connectivity index is 1.28. The van der Waals surface area contributed by atoms with Gasteiger partial charge in [0, 0.05) is 29.4 Å². The number of hydrogen-bond donors (Lipinski definition) is 0. The fourth-order valence-corrected chi connectivity index (χ4v) is 16.4. The van der Waals surface area contributed by atoms with Crippen molar-refractivity contribution >= 4 is 40.9 Å². The first-order chi connectivity index (χ1) is 24.7. The van der Waals surface area contributed by atoms with Crippen molar-refractivity contribution in [1.82, 2.24) is 0 Å². The third kappa shape index (κ3) is 7.99. The minimum atomic E-state index is -4.90. The van der Waals surface area contributed by atoms with E-state index in [0.29, 0.717) is 29.4 Å². The predicted molar refractivity (Wildman–Crippen MR) is 202 cm³/mol. The van der Waals surface area contributed by atoms with Crippen molar-refractivity contribution in [2.45, 2.75) is 47.7 Å². The highest BCUT2D eigenvalue weighted by Gasteiger charge is 2.41. The smallest absolute Gasteiger partial charge is 0.227 e. The van der Waals surface area contributed by atoms with Crippen LogP contribution in [0.4, 0.5) is 4.39 Å². The van der Waals surface area contributed by atoms with E-state index in [9.17, 15) is 16.8 Å². The third-order valence-corrected chi connectivity index (χ3v) is 18.5. The van der Waals surface area contributed by atoms with Gasteiger partial charge in [0.15, 0.2) is 0 Å². The summed E-state index contributed by atoms with van der Waals surface area (Å²) in [6.07, 6.45) is -0.951. The first kappa shape index (κ1) is 36.6. The Hall–Kier alpha value is -4.23. The normalized spacial score (nSPS) is 13.7. The zero-order chi connectivity index (χ0) is 35.8. The van der Waals surface area contributed by atoms with Gasteiger partial charge >= 0.3 is 10.1 Å². The van der Waals surface area contributed by atoms with Gasteiger partial charge in [-0.3, -0.25) is 0 Å². The number of benzene rings is 6. The van der Waals surface area contributed by atoms with E-state index < -0.39 is 58.5 Å². The molecule has 0 bridgehead atoms. The number of halogens is 1. The van der Waals surface area contributed by atoms with E-state index in [1.165, 1.54) is 0 Å². The van der Waals surface area contributed by atoms with E-state index in [4.69, 9.17) is 7.26 Å². The van der Waals surface area contributed by atoms with Crippen molar-refractivity contribution in [3.05, 3.63) is 182 Å². The van der Waals surface area contributed by atoms with Crippen molar-refractivity contribution in [2.75, 3.05) is 5.75 Å². The van der Waals surface area contributed by atoms with Crippen molar-refractivity contribution in [3.63, 3.8) is 0 Å². The van der Waals surface area contributed by atoms with Gasteiger partial charge < -0.3 is 0 Å². The lowest BCUT2D eigenvalue weighted by Crippen LogP contribution is -2.23. The van der Waals surface area contributed by atoms with Gasteiger partial charge in [-0.1, -0.05) is 109 Å². The van der Waals surface area contributed by atoms with Crippen LogP contribution in [0.25, 0.3) is 0 Å². The predicted octanol–water partition coefficient (Wildman–Crippen LogP) is 10.5. The summed E-state index contributed by atoms with van der Waals surface area (Å²) in [5.41, 5.74) is -2.51. The van der Waals surface area contributed by atoms with Crippen molar-refractivity contribution in [1.29, 1.82) is 0 Å². The fraction of sp³-hybridized carbons (Fsp3) is 0.100. The van der Waals surface area contributed by atoms with Gasteiger partial charge in [-0.25, -0.2) is 11.6 Å². The van der Waals surface area contributed by atoms with Crippen molar-refractivity contribution < 1.29 is 28.5 Å². The van der Waals surface area contributed by atoms with Crippen LogP contribution in [0.15, 0.2) is 211 Å². The molecule has 6 aromatic rings. The molecule has 0 N–H and O–H groups in total. The topological polar surface area (TPSA) is 86.7 Å². The summed E-state index contributed by atoms with van der Waals surface area (Å²) < 4.78 is 83.9. The average Bonchev–Trinajstić information content (AvgIpc) is 3.18. The van der Waals surface area contributed by atoms with Gasteiger partial charge in [-0.2, -0.15) is 16.8 Å². The summed E-state index contributed by atoms with van der Waals surface area (Å²) in [4.78, 5) is 3.68. The fourth-order valence-electron chi connectivity index (χ4n) is 5.66. The molecule has 0 aliphatic rings. The molecule has 11 heteroatoms. The second-order valence-electron chi connectivity index (χ2n) is 11.4. The molecule has 1 atom stereocenters. The minimum Gasteiger partial charge on any atom is -0.227 e. The number of rotatable bonds is 15. The van der Waals surface area contributed by atoms with Gasteiger partial charge in [0.25, 0.3) is 10.1 Å². The highest BCUT2D eigenvalue weighted by Crippen LogP contribution is 2.71.